The molecule has 0 spiro atoms. The van der Waals surface area contributed by atoms with Crippen LogP contribution in [0.25, 0.3) is 22.8 Å². The van der Waals surface area contributed by atoms with E-state index >= 15 is 0 Å². The van der Waals surface area contributed by atoms with Gasteiger partial charge in [-0.15, -0.1) is 0 Å². The van der Waals surface area contributed by atoms with Gasteiger partial charge in [0, 0.05) is 22.4 Å². The van der Waals surface area contributed by atoms with E-state index in [9.17, 15) is 4.79 Å². The molecule has 1 aliphatic rings. The molecule has 0 aromatic heterocycles. The van der Waals surface area contributed by atoms with Gasteiger partial charge < -0.3 is 19.5 Å². The van der Waals surface area contributed by atoms with Gasteiger partial charge in [-0.05, 0) is 137 Å². The number of anilines is 1. The fraction of sp³-hybridized carbons (Fsp3) is 0.0312. The fourth-order valence-corrected chi connectivity index (χ4v) is 21.5. The molecule has 0 fully saturated rings. The monoisotopic (exact) mass is 1440 g/mol. The highest BCUT2D eigenvalue weighted by molar-refractivity contribution is 7.81. The van der Waals surface area contributed by atoms with E-state index in [4.69, 9.17) is 14.2 Å². The molecule has 0 unspecified atom stereocenters. The van der Waals surface area contributed by atoms with E-state index in [1.807, 2.05) is 66.7 Å². The van der Waals surface area contributed by atoms with Gasteiger partial charge in [0.1, 0.15) is 5.75 Å². The zero-order chi connectivity index (χ0) is 72.0. The molecule has 5 nitrogen and oxygen atoms in total. The quantitative estimate of drug-likeness (QED) is 0.0729. The third-order valence-corrected chi connectivity index (χ3v) is 26.9. The largest absolute Gasteiger partial charge is 0.496 e. The van der Waals surface area contributed by atoms with E-state index < -0.39 is 31.7 Å². The first-order valence-corrected chi connectivity index (χ1v) is 40.2. The van der Waals surface area contributed by atoms with Crippen molar-refractivity contribution in [2.24, 2.45) is 0 Å². The number of nitrogens with one attached hydrogen (secondary N) is 1. The van der Waals surface area contributed by atoms with Crippen molar-refractivity contribution in [3.63, 3.8) is 0 Å². The number of carbonyl (C=O) groups excluding carboxylic acids is 1. The minimum Gasteiger partial charge on any atom is -0.496 e. The van der Waals surface area contributed by atoms with E-state index in [1.165, 1.54) is 63.7 Å². The van der Waals surface area contributed by atoms with Crippen molar-refractivity contribution < 1.29 is 19.0 Å². The Morgan fingerprint density at radius 3 is 0.686 bits per heavy atom. The molecule has 0 bridgehead atoms. The van der Waals surface area contributed by atoms with Crippen molar-refractivity contribution in [2.75, 3.05) is 26.6 Å². The smallest absolute Gasteiger partial charge is 0.256 e. The van der Waals surface area contributed by atoms with Gasteiger partial charge in [0.2, 0.25) is 0 Å². The van der Waals surface area contributed by atoms with Crippen LogP contribution in [0.3, 0.4) is 0 Å². The van der Waals surface area contributed by atoms with Gasteiger partial charge in [-0.2, -0.15) is 0 Å². The van der Waals surface area contributed by atoms with Crippen LogP contribution in [0.15, 0.2) is 425 Å². The highest BCUT2D eigenvalue weighted by Gasteiger charge is 2.26. The number of hydrogen-bond donors (Lipinski definition) is 1. The summed E-state index contributed by atoms with van der Waals surface area (Å²) in [5.41, 5.74) is 4.89. The normalized spacial score (nSPS) is 11.5. The second kappa shape index (κ2) is 38.8. The summed E-state index contributed by atoms with van der Waals surface area (Å²) in [6.07, 6.45) is 1.88. The lowest BCUT2D eigenvalue weighted by atomic mass is 9.95. The van der Waals surface area contributed by atoms with Crippen LogP contribution in [0, 0.1) is 0 Å². The average Bonchev–Trinajstić information content (AvgIpc) is 1.75. The van der Waals surface area contributed by atoms with Gasteiger partial charge in [-0.1, -0.05) is 400 Å². The minimum absolute atomic E-state index is 0.132. The molecule has 0 saturated heterocycles. The highest BCUT2D eigenvalue weighted by atomic mass is 31.1. The van der Waals surface area contributed by atoms with Gasteiger partial charge in [-0.25, -0.2) is 0 Å². The fourth-order valence-electron chi connectivity index (χ4n) is 12.3. The maximum atomic E-state index is 12.6. The molecular weight excluding hydrogens is 1350 g/mol. The number of ether oxygens (including phenoxy) is 3. The molecule has 105 heavy (non-hydrogen) atoms. The molecule has 0 aliphatic carbocycles. The van der Waals surface area contributed by atoms with E-state index in [-0.39, 0.29) is 5.91 Å². The summed E-state index contributed by atoms with van der Waals surface area (Å²) in [7, 11) is 3.05. The Balaban J connectivity index is 0.000000125. The summed E-state index contributed by atoms with van der Waals surface area (Å²) in [6, 6.07) is 148. The molecule has 1 heterocycles. The number of amides is 1. The zero-order valence-electron chi connectivity index (χ0n) is 58.9. The Hall–Kier alpha value is -11.4. The lowest BCUT2D eigenvalue weighted by Gasteiger charge is -2.18. The van der Waals surface area contributed by atoms with Gasteiger partial charge >= 0.3 is 0 Å². The van der Waals surface area contributed by atoms with Crippen LogP contribution < -0.4 is 83.2 Å². The van der Waals surface area contributed by atoms with Crippen LogP contribution in [0.1, 0.15) is 11.1 Å². The van der Waals surface area contributed by atoms with Crippen LogP contribution in [-0.2, 0) is 4.79 Å². The third-order valence-electron chi connectivity index (χ3n) is 17.1. The molecule has 0 atom stereocenters. The van der Waals surface area contributed by atoms with E-state index in [0.717, 1.165) is 33.7 Å². The molecular formula is C96H81NO4P4. The molecule has 9 heteroatoms. The summed E-state index contributed by atoms with van der Waals surface area (Å²) in [5, 5.41) is 19.7. The maximum Gasteiger partial charge on any atom is 0.256 e. The summed E-state index contributed by atoms with van der Waals surface area (Å²) < 4.78 is 16.6. The van der Waals surface area contributed by atoms with Crippen molar-refractivity contribution >= 4 is 119 Å². The molecule has 0 saturated carbocycles. The molecule has 15 aromatic rings. The molecule has 1 amide bonds. The third kappa shape index (κ3) is 19.7. The van der Waals surface area contributed by atoms with Crippen molar-refractivity contribution in [3.05, 3.63) is 436 Å². The Morgan fingerprint density at radius 2 is 0.438 bits per heavy atom. The molecule has 0 radical (unpaired) electrons. The predicted octanol–water partition coefficient (Wildman–Crippen LogP) is 18.7. The van der Waals surface area contributed by atoms with E-state index in [0.29, 0.717) is 17.1 Å². The SMILES string of the molecule is COc1cc(C=C2C(=O)Nc3ccccc32)c(-c2ccccc2OC)cc1OC.c1ccc(P(c2ccccc2)c2ccccc2)cc1.c1ccc(P(c2ccccc2)c2ccccc2)cc1.c1ccc(P(c2ccccc2)c2ccccc2)cc1.c1ccc(P(c2ccccc2)c2ccccc2)cc1. The minimum atomic E-state index is -0.446. The highest BCUT2D eigenvalue weighted by Crippen LogP contribution is 2.43. The first-order valence-electron chi connectivity index (χ1n) is 34.8. The standard InChI is InChI=1S/C24H21NO4.4C18H15P/c1-27-21-11-7-5-9-17(21)18-14-23(29-3)22(28-2)13-15(18)12-19-16-8-4-6-10-20(16)25-24(19)26;4*1-4-10-16(11-5-1)19(17-12-6-2-7-13-17)18-14-8-3-9-15-18/h4-14H,1-3H3,(H,25,26);4*1-15H. The first kappa shape index (κ1) is 73.4. The van der Waals surface area contributed by atoms with Crippen LogP contribution >= 0.6 is 31.7 Å². The molecule has 514 valence electrons. The number of methoxy groups -OCH3 is 3. The summed E-state index contributed by atoms with van der Waals surface area (Å²) in [6.45, 7) is 0. The van der Waals surface area contributed by atoms with E-state index in [1.54, 1.807) is 21.3 Å². The van der Waals surface area contributed by atoms with Crippen molar-refractivity contribution in [2.45, 2.75) is 0 Å². The number of carbonyl (C=O) groups is 1. The number of fused-ring (bicyclic) bond motifs is 1. The number of hydrogen-bond acceptors (Lipinski definition) is 4. The van der Waals surface area contributed by atoms with Crippen LogP contribution in [0.5, 0.6) is 17.2 Å². The first-order chi connectivity index (χ1) is 52.0. The van der Waals surface area contributed by atoms with Crippen LogP contribution in [-0.4, -0.2) is 27.2 Å². The number of para-hydroxylation sites is 2. The van der Waals surface area contributed by atoms with Crippen LogP contribution in [0.2, 0.25) is 0 Å². The number of benzene rings is 15. The predicted molar refractivity (Wildman–Crippen MR) is 455 cm³/mol. The molecule has 1 aliphatic heterocycles. The van der Waals surface area contributed by atoms with Gasteiger partial charge in [0.15, 0.2) is 11.5 Å². The second-order valence-electron chi connectivity index (χ2n) is 23.9. The average molecular weight is 1440 g/mol. The van der Waals surface area contributed by atoms with Crippen molar-refractivity contribution in [1.82, 2.24) is 0 Å². The van der Waals surface area contributed by atoms with Crippen molar-refractivity contribution in [1.29, 1.82) is 0 Å². The topological polar surface area (TPSA) is 56.8 Å². The second-order valence-corrected chi connectivity index (χ2v) is 32.8. The summed E-state index contributed by atoms with van der Waals surface area (Å²) >= 11 is 0. The lowest BCUT2D eigenvalue weighted by Crippen LogP contribution is -2.20. The Morgan fingerprint density at radius 1 is 0.229 bits per heavy atom. The molecule has 1 N–H and O–H groups in total. The maximum absolute atomic E-state index is 12.6. The van der Waals surface area contributed by atoms with Gasteiger partial charge in [0.05, 0.1) is 21.3 Å². The Labute approximate surface area is 624 Å². The zero-order valence-corrected chi connectivity index (χ0v) is 62.5. The lowest BCUT2D eigenvalue weighted by molar-refractivity contribution is -0.110. The summed E-state index contributed by atoms with van der Waals surface area (Å²) in [4.78, 5) is 12.6. The van der Waals surface area contributed by atoms with E-state index in [2.05, 4.69) is 369 Å². The number of rotatable bonds is 17. The van der Waals surface area contributed by atoms with Crippen LogP contribution in [0.4, 0.5) is 5.69 Å². The van der Waals surface area contributed by atoms with Gasteiger partial charge in [0.25, 0.3) is 5.91 Å². The summed E-state index contributed by atoms with van der Waals surface area (Å²) in [5.74, 6) is 1.79. The molecule has 15 aromatic carbocycles. The Kier molecular flexibility index (Phi) is 27.1. The van der Waals surface area contributed by atoms with Gasteiger partial charge in [-0.3, -0.25) is 4.79 Å². The van der Waals surface area contributed by atoms with Crippen molar-refractivity contribution in [3.8, 4) is 28.4 Å². The Bertz CT molecular complexity index is 4250. The molecule has 16 rings (SSSR count).